The van der Waals surface area contributed by atoms with Crippen LogP contribution in [0.5, 0.6) is 0 Å². The van der Waals surface area contributed by atoms with E-state index in [1.54, 1.807) is 32.0 Å². The lowest BCUT2D eigenvalue weighted by molar-refractivity contribution is -0.138. The van der Waals surface area contributed by atoms with Crippen molar-refractivity contribution < 1.29 is 9.53 Å². The molecule has 0 aliphatic carbocycles. The van der Waals surface area contributed by atoms with Gasteiger partial charge in [-0.15, -0.1) is 0 Å². The van der Waals surface area contributed by atoms with E-state index in [0.717, 1.165) is 0 Å². The predicted molar refractivity (Wildman–Crippen MR) is 95.1 cm³/mol. The van der Waals surface area contributed by atoms with Crippen molar-refractivity contribution in [3.8, 4) is 11.1 Å². The molecule has 0 saturated heterocycles. The van der Waals surface area contributed by atoms with Crippen LogP contribution in [0.15, 0.2) is 23.9 Å². The maximum absolute atomic E-state index is 11.7. The summed E-state index contributed by atoms with van der Waals surface area (Å²) in [5, 5.41) is 5.06. The van der Waals surface area contributed by atoms with Gasteiger partial charge in [0.1, 0.15) is 5.82 Å². The molecule has 0 unspecified atom stereocenters. The average Bonchev–Trinajstić information content (AvgIpc) is 2.83. The number of carbonyl (C=O) groups excluding carboxylic acids is 1. The van der Waals surface area contributed by atoms with Gasteiger partial charge in [0.25, 0.3) is 0 Å². The molecule has 0 saturated carbocycles. The number of benzene rings is 1. The molecule has 2 aromatic rings. The van der Waals surface area contributed by atoms with Crippen molar-refractivity contribution in [3.63, 3.8) is 0 Å². The molecule has 6 N–H and O–H groups in total. The summed E-state index contributed by atoms with van der Waals surface area (Å²) >= 11 is 12.0. The van der Waals surface area contributed by atoms with Crippen molar-refractivity contribution in [3.05, 3.63) is 39.6 Å². The van der Waals surface area contributed by atoms with E-state index in [0.29, 0.717) is 26.9 Å². The van der Waals surface area contributed by atoms with E-state index in [-0.39, 0.29) is 23.9 Å². The van der Waals surface area contributed by atoms with Crippen molar-refractivity contribution in [1.82, 2.24) is 9.78 Å². The van der Waals surface area contributed by atoms with E-state index < -0.39 is 5.97 Å². The third-order valence-corrected chi connectivity index (χ3v) is 4.04. The Morgan fingerprint density at radius 3 is 2.54 bits per heavy atom. The van der Waals surface area contributed by atoms with Crippen molar-refractivity contribution in [1.29, 1.82) is 0 Å². The molecule has 2 rings (SSSR count). The number of nitrogens with two attached hydrogens (primary N) is 3. The van der Waals surface area contributed by atoms with Gasteiger partial charge in [0.15, 0.2) is 11.5 Å². The van der Waals surface area contributed by atoms with Crippen LogP contribution in [0.3, 0.4) is 0 Å². The highest BCUT2D eigenvalue weighted by Crippen LogP contribution is 2.34. The molecular weight excluding hydrogens is 353 g/mol. The van der Waals surface area contributed by atoms with Gasteiger partial charge in [0.2, 0.25) is 0 Å². The number of halogens is 2. The summed E-state index contributed by atoms with van der Waals surface area (Å²) in [6, 6.07) is 5.08. The Morgan fingerprint density at radius 1 is 1.29 bits per heavy atom. The lowest BCUT2D eigenvalue weighted by atomic mass is 10.1. The molecule has 1 heterocycles. The largest absolute Gasteiger partial charge is 0.461 e. The van der Waals surface area contributed by atoms with E-state index in [9.17, 15) is 4.79 Å². The highest BCUT2D eigenvalue weighted by atomic mass is 35.5. The molecule has 1 aromatic heterocycles. The molecule has 0 atom stereocenters. The number of nitrogen functional groups attached to an aromatic ring is 1. The zero-order valence-corrected chi connectivity index (χ0v) is 14.6. The Labute approximate surface area is 148 Å². The van der Waals surface area contributed by atoms with Crippen LogP contribution in [0.2, 0.25) is 10.0 Å². The van der Waals surface area contributed by atoms with Gasteiger partial charge in [0.05, 0.1) is 22.3 Å². The minimum atomic E-state index is -0.737. The van der Waals surface area contributed by atoms with Crippen molar-refractivity contribution in [2.45, 2.75) is 13.8 Å². The highest BCUT2D eigenvalue weighted by molar-refractivity contribution is 6.42. The molecule has 0 aliphatic heterocycles. The van der Waals surface area contributed by atoms with E-state index in [1.165, 1.54) is 4.68 Å². The lowest BCUT2D eigenvalue weighted by Gasteiger charge is -2.09. The summed E-state index contributed by atoms with van der Waals surface area (Å²) < 4.78 is 6.01. The second kappa shape index (κ2) is 7.02. The van der Waals surface area contributed by atoms with E-state index in [1.807, 2.05) is 0 Å². The summed E-state index contributed by atoms with van der Waals surface area (Å²) in [6.45, 7) is 3.59. The number of ether oxygens (including phenoxy) is 1. The number of hydrogen-bond acceptors (Lipinski definition) is 6. The van der Waals surface area contributed by atoms with Crippen molar-refractivity contribution in [2.24, 2.45) is 11.5 Å². The van der Waals surface area contributed by atoms with Gasteiger partial charge >= 0.3 is 5.97 Å². The summed E-state index contributed by atoms with van der Waals surface area (Å²) in [5.74, 6) is -0.630. The van der Waals surface area contributed by atoms with Gasteiger partial charge in [-0.3, -0.25) is 0 Å². The lowest BCUT2D eigenvalue weighted by Crippen LogP contribution is -2.24. The van der Waals surface area contributed by atoms with Crippen LogP contribution in [-0.2, 0) is 9.53 Å². The SMILES string of the molecule is CCOC(=O)/C(N)=C(\N)n1nc(C)c(-c2ccc(Cl)c(Cl)c2)c1N. The Hall–Kier alpha value is -2.38. The fourth-order valence-electron chi connectivity index (χ4n) is 2.16. The van der Waals surface area contributed by atoms with Crippen LogP contribution in [-0.4, -0.2) is 22.4 Å². The number of hydrogen-bond donors (Lipinski definition) is 3. The minimum absolute atomic E-state index is 0.111. The summed E-state index contributed by atoms with van der Waals surface area (Å²) in [4.78, 5) is 11.7. The monoisotopic (exact) mass is 369 g/mol. The molecule has 0 aliphatic rings. The van der Waals surface area contributed by atoms with Crippen molar-refractivity contribution in [2.75, 3.05) is 12.3 Å². The van der Waals surface area contributed by atoms with Crippen LogP contribution in [0.4, 0.5) is 5.82 Å². The molecule has 0 amide bonds. The summed E-state index contributed by atoms with van der Waals surface area (Å²) in [6.07, 6.45) is 0. The van der Waals surface area contributed by atoms with Crippen LogP contribution in [0.1, 0.15) is 12.6 Å². The average molecular weight is 370 g/mol. The summed E-state index contributed by atoms with van der Waals surface area (Å²) in [5.41, 5.74) is 19.4. The van der Waals surface area contributed by atoms with Crippen LogP contribution in [0.25, 0.3) is 16.9 Å². The Bertz CT molecular complexity index is 830. The van der Waals surface area contributed by atoms with E-state index in [2.05, 4.69) is 5.10 Å². The Kier molecular flexibility index (Phi) is 5.26. The number of esters is 1. The maximum Gasteiger partial charge on any atom is 0.358 e. The van der Waals surface area contributed by atoms with Gasteiger partial charge in [-0.1, -0.05) is 29.3 Å². The van der Waals surface area contributed by atoms with E-state index >= 15 is 0 Å². The third-order valence-electron chi connectivity index (χ3n) is 3.30. The number of anilines is 1. The van der Waals surface area contributed by atoms with Crippen molar-refractivity contribution >= 4 is 40.8 Å². The third kappa shape index (κ3) is 3.27. The number of nitrogens with zero attached hydrogens (tertiary/aromatic N) is 2. The zero-order valence-electron chi connectivity index (χ0n) is 13.1. The second-order valence-electron chi connectivity index (χ2n) is 4.91. The molecule has 24 heavy (non-hydrogen) atoms. The topological polar surface area (TPSA) is 122 Å². The number of aromatic nitrogens is 2. The first-order valence-electron chi connectivity index (χ1n) is 7.01. The molecule has 0 radical (unpaired) electrons. The Balaban J connectivity index is 2.55. The Morgan fingerprint density at radius 2 is 1.96 bits per heavy atom. The molecular formula is C15H17Cl2N5O2. The number of rotatable bonds is 4. The minimum Gasteiger partial charge on any atom is -0.461 e. The van der Waals surface area contributed by atoms with Gasteiger partial charge in [-0.05, 0) is 31.5 Å². The highest BCUT2D eigenvalue weighted by Gasteiger charge is 2.20. The molecule has 128 valence electrons. The van der Waals surface area contributed by atoms with Crippen LogP contribution >= 0.6 is 23.2 Å². The first-order valence-corrected chi connectivity index (χ1v) is 7.76. The zero-order chi connectivity index (χ0) is 18.0. The normalized spacial score (nSPS) is 12.0. The summed E-state index contributed by atoms with van der Waals surface area (Å²) in [7, 11) is 0. The quantitative estimate of drug-likeness (QED) is 0.561. The maximum atomic E-state index is 11.7. The van der Waals surface area contributed by atoms with Crippen LogP contribution in [0, 0.1) is 6.92 Å². The van der Waals surface area contributed by atoms with Gasteiger partial charge in [0, 0.05) is 5.56 Å². The second-order valence-corrected chi connectivity index (χ2v) is 5.72. The first-order chi connectivity index (χ1) is 11.3. The fourth-order valence-corrected chi connectivity index (χ4v) is 2.46. The van der Waals surface area contributed by atoms with E-state index in [4.69, 9.17) is 45.1 Å². The fraction of sp³-hybridized carbons (Fsp3) is 0.200. The van der Waals surface area contributed by atoms with Gasteiger partial charge in [-0.25, -0.2) is 4.79 Å². The molecule has 0 bridgehead atoms. The molecule has 9 heteroatoms. The number of carbonyl (C=O) groups is 1. The standard InChI is InChI=1S/C15H17Cl2N5O2/c1-3-24-15(23)12(18)14(20)22-13(19)11(7(2)21-22)8-4-5-9(16)10(17)6-8/h4-6H,3,18-20H2,1-2H3/b14-12-. The molecule has 7 nitrogen and oxygen atoms in total. The number of aryl methyl sites for hydroxylation is 1. The molecule has 0 fully saturated rings. The molecule has 1 aromatic carbocycles. The van der Waals surface area contributed by atoms with Gasteiger partial charge in [-0.2, -0.15) is 9.78 Å². The first kappa shape index (κ1) is 18.0. The van der Waals surface area contributed by atoms with Gasteiger partial charge < -0.3 is 21.9 Å². The van der Waals surface area contributed by atoms with Crippen LogP contribution < -0.4 is 17.2 Å². The predicted octanol–water partition coefficient (Wildman–Crippen LogP) is 2.35. The smallest absolute Gasteiger partial charge is 0.358 e. The molecule has 0 spiro atoms.